The highest BCUT2D eigenvalue weighted by Gasteiger charge is 2.37. The SMILES string of the molecule is O=[n+]1o[nH]c(OCC[P+](=O)[O-])c1S(=O)(=O)c1ccccc1. The number of aromatic amines is 1. The van der Waals surface area contributed by atoms with Gasteiger partial charge in [-0.05, 0) is 22.2 Å². The van der Waals surface area contributed by atoms with E-state index in [1.54, 1.807) is 6.07 Å². The van der Waals surface area contributed by atoms with Gasteiger partial charge in [0.25, 0.3) is 9.84 Å². The van der Waals surface area contributed by atoms with E-state index in [4.69, 9.17) is 4.74 Å². The van der Waals surface area contributed by atoms with Crippen LogP contribution in [-0.2, 0) is 14.4 Å². The van der Waals surface area contributed by atoms with Crippen LogP contribution in [0.15, 0.2) is 44.9 Å². The van der Waals surface area contributed by atoms with Gasteiger partial charge in [-0.3, -0.25) is 0 Å². The van der Waals surface area contributed by atoms with Crippen molar-refractivity contribution >= 4 is 17.9 Å². The normalized spacial score (nSPS) is 12.1. The van der Waals surface area contributed by atoms with Crippen molar-refractivity contribution < 1.29 is 31.8 Å². The molecule has 1 aromatic carbocycles. The van der Waals surface area contributed by atoms with Crippen LogP contribution in [0.1, 0.15) is 0 Å². The van der Waals surface area contributed by atoms with E-state index in [1.807, 2.05) is 5.16 Å². The Morgan fingerprint density at radius 3 is 2.62 bits per heavy atom. The van der Waals surface area contributed by atoms with Gasteiger partial charge >= 0.3 is 18.9 Å². The molecule has 11 heteroatoms. The minimum atomic E-state index is -4.16. The van der Waals surface area contributed by atoms with Crippen LogP contribution in [0.3, 0.4) is 0 Å². The number of rotatable bonds is 6. The van der Waals surface area contributed by atoms with E-state index < -0.39 is 28.8 Å². The van der Waals surface area contributed by atoms with E-state index >= 15 is 0 Å². The number of hydrogen-bond donors (Lipinski definition) is 1. The van der Waals surface area contributed by atoms with Gasteiger partial charge in [-0.1, -0.05) is 27.4 Å². The van der Waals surface area contributed by atoms with Crippen molar-refractivity contribution in [3.8, 4) is 5.88 Å². The van der Waals surface area contributed by atoms with Crippen LogP contribution >= 0.6 is 8.03 Å². The molecular formula is C10H10N2O7PS+. The van der Waals surface area contributed by atoms with Crippen LogP contribution in [0.4, 0.5) is 0 Å². The summed E-state index contributed by atoms with van der Waals surface area (Å²) in [5.41, 5.74) is 0. The van der Waals surface area contributed by atoms with E-state index in [0.717, 1.165) is 0 Å². The van der Waals surface area contributed by atoms with E-state index in [1.165, 1.54) is 24.3 Å². The maximum Gasteiger partial charge on any atom is 0.404 e. The second-order valence-electron chi connectivity index (χ2n) is 3.81. The molecule has 0 saturated carbocycles. The van der Waals surface area contributed by atoms with Gasteiger partial charge in [-0.25, -0.2) is 8.42 Å². The molecular weight excluding hydrogens is 323 g/mol. The minimum Gasteiger partial charge on any atom is -0.595 e. The van der Waals surface area contributed by atoms with Crippen LogP contribution in [0, 0.1) is 4.91 Å². The maximum absolute atomic E-state index is 12.3. The molecule has 1 heterocycles. The summed E-state index contributed by atoms with van der Waals surface area (Å²) < 4.78 is 44.1. The predicted molar refractivity (Wildman–Crippen MR) is 66.3 cm³/mol. The van der Waals surface area contributed by atoms with E-state index in [2.05, 4.69) is 4.63 Å². The first-order valence-electron chi connectivity index (χ1n) is 5.62. The van der Waals surface area contributed by atoms with Gasteiger partial charge in [0.2, 0.25) is 4.60 Å². The number of ether oxygens (including phenoxy) is 1. The summed E-state index contributed by atoms with van der Waals surface area (Å²) in [6.45, 7) is -0.313. The zero-order chi connectivity index (χ0) is 15.5. The summed E-state index contributed by atoms with van der Waals surface area (Å²) >= 11 is 0. The smallest absolute Gasteiger partial charge is 0.404 e. The Bertz CT molecular complexity index is 796. The summed E-state index contributed by atoms with van der Waals surface area (Å²) in [5, 5.41) is 1.23. The Balaban J connectivity index is 2.38. The van der Waals surface area contributed by atoms with Crippen LogP contribution in [0.5, 0.6) is 5.88 Å². The molecule has 9 nitrogen and oxygen atoms in total. The highest BCUT2D eigenvalue weighted by atomic mass is 32.2. The Morgan fingerprint density at radius 2 is 2.00 bits per heavy atom. The van der Waals surface area contributed by atoms with Gasteiger partial charge in [0.15, 0.2) is 6.16 Å². The fourth-order valence-electron chi connectivity index (χ4n) is 1.50. The topological polar surface area (TPSA) is 135 Å². The van der Waals surface area contributed by atoms with Crippen molar-refractivity contribution in [2.45, 2.75) is 9.92 Å². The summed E-state index contributed by atoms with van der Waals surface area (Å²) in [6.07, 6.45) is -0.321. The molecule has 0 fully saturated rings. The molecule has 0 aliphatic rings. The van der Waals surface area contributed by atoms with Gasteiger partial charge in [0, 0.05) is 0 Å². The van der Waals surface area contributed by atoms with Gasteiger partial charge in [0.1, 0.15) is 6.61 Å². The third-order valence-electron chi connectivity index (χ3n) is 2.41. The molecule has 1 unspecified atom stereocenters. The lowest BCUT2D eigenvalue weighted by Crippen LogP contribution is -2.21. The number of sulfone groups is 1. The van der Waals surface area contributed by atoms with E-state index in [0.29, 0.717) is 0 Å². The molecule has 0 bridgehead atoms. The number of H-pyrrole nitrogens is 1. The third-order valence-corrected chi connectivity index (χ3v) is 4.69. The number of benzene rings is 1. The fourth-order valence-corrected chi connectivity index (χ4v) is 3.05. The number of hydrogen-bond acceptors (Lipinski definition) is 7. The maximum atomic E-state index is 12.3. The predicted octanol–water partition coefficient (Wildman–Crippen LogP) is -0.164. The highest BCUT2D eigenvalue weighted by molar-refractivity contribution is 7.91. The third kappa shape index (κ3) is 3.35. The van der Waals surface area contributed by atoms with Gasteiger partial charge in [-0.2, -0.15) is 0 Å². The molecule has 0 radical (unpaired) electrons. The molecule has 0 spiro atoms. The Morgan fingerprint density at radius 1 is 1.33 bits per heavy atom. The minimum absolute atomic E-state index is 0.121. The molecule has 2 rings (SSSR count). The van der Waals surface area contributed by atoms with Crippen molar-refractivity contribution in [3.05, 3.63) is 35.2 Å². The van der Waals surface area contributed by atoms with E-state index in [-0.39, 0.29) is 22.3 Å². The van der Waals surface area contributed by atoms with Crippen LogP contribution in [-0.4, -0.2) is 26.3 Å². The summed E-state index contributed by atoms with van der Waals surface area (Å²) in [6, 6.07) is 7.22. The summed E-state index contributed by atoms with van der Waals surface area (Å²) in [7, 11) is -6.83. The Kier molecular flexibility index (Phi) is 4.51. The van der Waals surface area contributed by atoms with Crippen LogP contribution < -0.4 is 14.2 Å². The molecule has 1 aromatic heterocycles. The molecule has 0 saturated heterocycles. The first-order valence-corrected chi connectivity index (χ1v) is 8.47. The van der Waals surface area contributed by atoms with Crippen molar-refractivity contribution in [3.63, 3.8) is 0 Å². The van der Waals surface area contributed by atoms with Gasteiger partial charge in [0.05, 0.1) is 4.90 Å². The molecule has 0 aliphatic carbocycles. The van der Waals surface area contributed by atoms with E-state index in [9.17, 15) is 22.8 Å². The summed E-state index contributed by atoms with van der Waals surface area (Å²) in [5.74, 6) is -0.453. The summed E-state index contributed by atoms with van der Waals surface area (Å²) in [4.78, 5) is 21.8. The van der Waals surface area contributed by atoms with Crippen molar-refractivity contribution in [2.75, 3.05) is 12.8 Å². The number of nitrogens with zero attached hydrogens (tertiary/aromatic N) is 1. The fraction of sp³-hybridized carbons (Fsp3) is 0.200. The first-order chi connectivity index (χ1) is 9.93. The van der Waals surface area contributed by atoms with Gasteiger partial charge in [-0.15, -0.1) is 0 Å². The second kappa shape index (κ2) is 6.17. The Hall–Kier alpha value is -2.03. The Labute approximate surface area is 119 Å². The largest absolute Gasteiger partial charge is 0.595 e. The quantitative estimate of drug-likeness (QED) is 0.725. The number of nitrogens with one attached hydrogen (secondary N) is 1. The molecule has 1 atom stereocenters. The van der Waals surface area contributed by atoms with Crippen LogP contribution in [0.2, 0.25) is 0 Å². The second-order valence-corrected chi connectivity index (χ2v) is 6.78. The molecule has 21 heavy (non-hydrogen) atoms. The lowest BCUT2D eigenvalue weighted by molar-refractivity contribution is -0.744. The average Bonchev–Trinajstić information content (AvgIpc) is 2.81. The number of aromatic nitrogens is 2. The molecule has 2 aromatic rings. The van der Waals surface area contributed by atoms with Gasteiger partial charge < -0.3 is 9.63 Å². The molecule has 1 N–H and O–H groups in total. The van der Waals surface area contributed by atoms with Crippen molar-refractivity contribution in [1.29, 1.82) is 0 Å². The molecule has 112 valence electrons. The lowest BCUT2D eigenvalue weighted by Gasteiger charge is -1.99. The lowest BCUT2D eigenvalue weighted by atomic mass is 10.4. The zero-order valence-electron chi connectivity index (χ0n) is 10.5. The first kappa shape index (κ1) is 15.4. The van der Waals surface area contributed by atoms with Crippen molar-refractivity contribution in [1.82, 2.24) is 5.16 Å². The zero-order valence-corrected chi connectivity index (χ0v) is 12.2. The highest BCUT2D eigenvalue weighted by Crippen LogP contribution is 2.24. The standard InChI is InChI=1S/C10H10N2O7PS/c13-12-10(9(11-19-12)18-6-7-20(14)15)21(16,17)8-4-2-1-3-5-8/h1-5,11H,6-7H2/q+1. The van der Waals surface area contributed by atoms with Crippen LogP contribution in [0.25, 0.3) is 0 Å². The molecule has 0 aliphatic heterocycles. The monoisotopic (exact) mass is 333 g/mol. The average molecular weight is 333 g/mol. The molecule has 0 amide bonds. The van der Waals surface area contributed by atoms with Crippen molar-refractivity contribution in [2.24, 2.45) is 0 Å².